The van der Waals surface area contributed by atoms with E-state index < -0.39 is 0 Å². The van der Waals surface area contributed by atoms with E-state index in [9.17, 15) is 9.59 Å². The molecule has 5 rings (SSSR count). The van der Waals surface area contributed by atoms with Crippen LogP contribution in [0.3, 0.4) is 0 Å². The van der Waals surface area contributed by atoms with Gasteiger partial charge in [-0.1, -0.05) is 95.2 Å². The van der Waals surface area contributed by atoms with Crippen LogP contribution in [0.5, 0.6) is 0 Å². The van der Waals surface area contributed by atoms with Crippen LogP contribution < -0.4 is 10.6 Å². The zero-order valence-electron chi connectivity index (χ0n) is 21.0. The molecule has 0 radical (unpaired) electrons. The first-order valence-electron chi connectivity index (χ1n) is 12.2. The Balaban J connectivity index is 1.24. The SMILES string of the molecule is Cc1onc(-c2ccccc2)c1C(=O)NCc1cccc(CNC(=O)c2c(-c3ccccc3)noc2C)c1. The maximum absolute atomic E-state index is 13.0. The van der Waals surface area contributed by atoms with Gasteiger partial charge in [-0.15, -0.1) is 0 Å². The zero-order chi connectivity index (χ0) is 26.5. The van der Waals surface area contributed by atoms with Crippen LogP contribution in [0, 0.1) is 13.8 Å². The number of benzene rings is 3. The number of aromatic nitrogens is 2. The molecular formula is C30H26N4O4. The largest absolute Gasteiger partial charge is 0.360 e. The van der Waals surface area contributed by atoms with Crippen LogP contribution in [0.25, 0.3) is 22.5 Å². The van der Waals surface area contributed by atoms with Gasteiger partial charge in [-0.05, 0) is 25.0 Å². The van der Waals surface area contributed by atoms with Gasteiger partial charge >= 0.3 is 0 Å². The predicted octanol–water partition coefficient (Wildman–Crippen LogP) is 5.47. The van der Waals surface area contributed by atoms with Gasteiger partial charge < -0.3 is 19.7 Å². The smallest absolute Gasteiger partial charge is 0.257 e. The lowest BCUT2D eigenvalue weighted by Crippen LogP contribution is -2.25. The molecule has 0 aliphatic carbocycles. The normalized spacial score (nSPS) is 10.8. The minimum atomic E-state index is -0.266. The Kier molecular flexibility index (Phi) is 7.13. The van der Waals surface area contributed by atoms with Gasteiger partial charge in [0.25, 0.3) is 11.8 Å². The fourth-order valence-corrected chi connectivity index (χ4v) is 4.26. The molecule has 3 aromatic carbocycles. The number of nitrogens with zero attached hydrogens (tertiary/aromatic N) is 2. The second-order valence-electron chi connectivity index (χ2n) is 8.84. The van der Waals surface area contributed by atoms with Crippen LogP contribution >= 0.6 is 0 Å². The summed E-state index contributed by atoms with van der Waals surface area (Å²) in [6, 6.07) is 26.6. The van der Waals surface area contributed by atoms with E-state index in [1.54, 1.807) is 13.8 Å². The van der Waals surface area contributed by atoms with Crippen LogP contribution in [-0.4, -0.2) is 22.1 Å². The van der Waals surface area contributed by atoms with E-state index in [1.165, 1.54) is 0 Å². The fraction of sp³-hybridized carbons (Fsp3) is 0.133. The van der Waals surface area contributed by atoms with Crippen molar-refractivity contribution in [3.8, 4) is 22.5 Å². The van der Waals surface area contributed by atoms with E-state index in [-0.39, 0.29) is 11.8 Å². The monoisotopic (exact) mass is 506 g/mol. The molecule has 0 saturated heterocycles. The molecule has 38 heavy (non-hydrogen) atoms. The lowest BCUT2D eigenvalue weighted by atomic mass is 10.1. The highest BCUT2D eigenvalue weighted by atomic mass is 16.5. The molecule has 2 aromatic heterocycles. The molecule has 190 valence electrons. The van der Waals surface area contributed by atoms with Crippen molar-refractivity contribution in [2.75, 3.05) is 0 Å². The Labute approximate surface area is 219 Å². The van der Waals surface area contributed by atoms with Crippen LogP contribution in [0.2, 0.25) is 0 Å². The number of amides is 2. The highest BCUT2D eigenvalue weighted by molar-refractivity contribution is 6.01. The van der Waals surface area contributed by atoms with Crippen molar-refractivity contribution in [2.45, 2.75) is 26.9 Å². The van der Waals surface area contributed by atoms with Crippen molar-refractivity contribution in [1.29, 1.82) is 0 Å². The van der Waals surface area contributed by atoms with Crippen molar-refractivity contribution in [3.05, 3.63) is 119 Å². The highest BCUT2D eigenvalue weighted by Gasteiger charge is 2.22. The molecule has 8 heteroatoms. The zero-order valence-corrected chi connectivity index (χ0v) is 21.0. The molecule has 0 atom stereocenters. The number of carbonyl (C=O) groups is 2. The first-order chi connectivity index (χ1) is 18.5. The minimum Gasteiger partial charge on any atom is -0.360 e. The van der Waals surface area contributed by atoms with Crippen LogP contribution in [0.4, 0.5) is 0 Å². The second kappa shape index (κ2) is 11.0. The van der Waals surface area contributed by atoms with E-state index in [2.05, 4.69) is 20.9 Å². The summed E-state index contributed by atoms with van der Waals surface area (Å²) in [5.41, 5.74) is 5.26. The maximum atomic E-state index is 13.0. The van der Waals surface area contributed by atoms with Gasteiger partial charge in [-0.2, -0.15) is 0 Å². The lowest BCUT2D eigenvalue weighted by Gasteiger charge is -2.09. The van der Waals surface area contributed by atoms with Crippen molar-refractivity contribution < 1.29 is 18.6 Å². The summed E-state index contributed by atoms with van der Waals surface area (Å²) in [5, 5.41) is 14.1. The van der Waals surface area contributed by atoms with Gasteiger partial charge in [0.05, 0.1) is 0 Å². The molecule has 0 aliphatic rings. The van der Waals surface area contributed by atoms with Gasteiger partial charge in [0.1, 0.15) is 34.0 Å². The van der Waals surface area contributed by atoms with E-state index in [4.69, 9.17) is 9.05 Å². The minimum absolute atomic E-state index is 0.266. The number of rotatable bonds is 8. The summed E-state index contributed by atoms with van der Waals surface area (Å²) in [6.07, 6.45) is 0. The summed E-state index contributed by atoms with van der Waals surface area (Å²) < 4.78 is 10.6. The molecule has 0 bridgehead atoms. The van der Waals surface area contributed by atoms with Crippen molar-refractivity contribution in [2.24, 2.45) is 0 Å². The van der Waals surface area contributed by atoms with E-state index in [1.807, 2.05) is 84.9 Å². The van der Waals surface area contributed by atoms with Gasteiger partial charge in [-0.25, -0.2) is 0 Å². The number of hydrogen-bond donors (Lipinski definition) is 2. The van der Waals surface area contributed by atoms with Gasteiger partial charge in [0.2, 0.25) is 0 Å². The Morgan fingerprint density at radius 1 is 0.632 bits per heavy atom. The van der Waals surface area contributed by atoms with E-state index >= 15 is 0 Å². The molecule has 0 aliphatic heterocycles. The third-order valence-corrected chi connectivity index (χ3v) is 6.17. The Bertz CT molecular complexity index is 1460. The standard InChI is InChI=1S/C30H26N4O4/c1-19-25(27(33-37-19)23-12-5-3-6-13-23)29(35)31-17-21-10-9-11-22(16-21)18-32-30(36)26-20(2)38-34-28(26)24-14-7-4-8-15-24/h3-16H,17-18H2,1-2H3,(H,31,35)(H,32,36). The second-order valence-corrected chi connectivity index (χ2v) is 8.84. The fourth-order valence-electron chi connectivity index (χ4n) is 4.26. The van der Waals surface area contributed by atoms with Crippen molar-refractivity contribution in [3.63, 3.8) is 0 Å². The van der Waals surface area contributed by atoms with Crippen molar-refractivity contribution >= 4 is 11.8 Å². The molecule has 2 N–H and O–H groups in total. The summed E-state index contributed by atoms with van der Waals surface area (Å²) in [7, 11) is 0. The van der Waals surface area contributed by atoms with Crippen LogP contribution in [0.15, 0.2) is 94.0 Å². The van der Waals surface area contributed by atoms with Gasteiger partial charge in [0.15, 0.2) is 0 Å². The average Bonchev–Trinajstić information content (AvgIpc) is 3.54. The Morgan fingerprint density at radius 3 is 1.47 bits per heavy atom. The van der Waals surface area contributed by atoms with Crippen LogP contribution in [-0.2, 0) is 13.1 Å². The number of carbonyl (C=O) groups excluding carboxylic acids is 2. The third-order valence-electron chi connectivity index (χ3n) is 6.17. The van der Waals surface area contributed by atoms with E-state index in [0.29, 0.717) is 47.1 Å². The average molecular weight is 507 g/mol. The summed E-state index contributed by atoms with van der Waals surface area (Å²) in [5.74, 6) is 0.379. The lowest BCUT2D eigenvalue weighted by molar-refractivity contribution is 0.0942. The molecule has 0 fully saturated rings. The number of hydrogen-bond acceptors (Lipinski definition) is 6. The molecule has 0 unspecified atom stereocenters. The Hall–Kier alpha value is -4.98. The molecule has 0 saturated carbocycles. The number of aryl methyl sites for hydroxylation is 2. The third kappa shape index (κ3) is 5.24. The maximum Gasteiger partial charge on any atom is 0.257 e. The molecule has 0 spiro atoms. The molecule has 8 nitrogen and oxygen atoms in total. The van der Waals surface area contributed by atoms with Crippen molar-refractivity contribution in [1.82, 2.24) is 20.9 Å². The van der Waals surface area contributed by atoms with Gasteiger partial charge in [-0.3, -0.25) is 9.59 Å². The van der Waals surface area contributed by atoms with Crippen LogP contribution in [0.1, 0.15) is 43.4 Å². The van der Waals surface area contributed by atoms with E-state index in [0.717, 1.165) is 22.3 Å². The quantitative estimate of drug-likeness (QED) is 0.289. The molecule has 2 heterocycles. The summed E-state index contributed by atoms with van der Waals surface area (Å²) >= 11 is 0. The number of nitrogens with one attached hydrogen (secondary N) is 2. The predicted molar refractivity (Wildman–Crippen MR) is 142 cm³/mol. The topological polar surface area (TPSA) is 110 Å². The highest BCUT2D eigenvalue weighted by Crippen LogP contribution is 2.26. The first-order valence-corrected chi connectivity index (χ1v) is 12.2. The molecule has 5 aromatic rings. The summed E-state index contributed by atoms with van der Waals surface area (Å²) in [4.78, 5) is 26.0. The Morgan fingerprint density at radius 2 is 1.05 bits per heavy atom. The summed E-state index contributed by atoms with van der Waals surface area (Å²) in [6.45, 7) is 4.06. The molecular weight excluding hydrogens is 480 g/mol. The van der Waals surface area contributed by atoms with Gasteiger partial charge in [0, 0.05) is 24.2 Å². The molecule has 2 amide bonds. The first kappa shape index (κ1) is 24.7.